The van der Waals surface area contributed by atoms with Crippen LogP contribution < -0.4 is 4.90 Å². The predicted octanol–water partition coefficient (Wildman–Crippen LogP) is 5.63. The van der Waals surface area contributed by atoms with Gasteiger partial charge in [-0.25, -0.2) is 14.2 Å². The maximum atomic E-state index is 14.1. The van der Waals surface area contributed by atoms with Gasteiger partial charge in [-0.1, -0.05) is 35.3 Å². The quantitative estimate of drug-likeness (QED) is 0.484. The van der Waals surface area contributed by atoms with Gasteiger partial charge in [-0.05, 0) is 30.3 Å². The number of carbonyl (C=O) groups excluding carboxylic acids is 2. The zero-order valence-electron chi connectivity index (χ0n) is 14.5. The number of benzene rings is 2. The zero-order chi connectivity index (χ0) is 20.3. The van der Waals surface area contributed by atoms with Gasteiger partial charge in [0.1, 0.15) is 12.4 Å². The van der Waals surface area contributed by atoms with E-state index in [1.54, 1.807) is 17.5 Å². The molecule has 144 valence electrons. The van der Waals surface area contributed by atoms with Gasteiger partial charge in [0.2, 0.25) is 5.91 Å². The lowest BCUT2D eigenvalue weighted by Crippen LogP contribution is -2.23. The Kier molecular flexibility index (Phi) is 6.28. The third kappa shape index (κ3) is 4.49. The maximum absolute atomic E-state index is 14.1. The fourth-order valence-corrected chi connectivity index (χ4v) is 3.61. The molecule has 0 spiro atoms. The minimum Gasteiger partial charge on any atom is -0.456 e. The standard InChI is InChI=1S/C19H13Cl2FN2O3S/c1-11(25)24(17-5-3-2-4-16(17)22)19-23-13(10-28-19)9-27-18(26)14-8-12(20)6-7-15(14)21/h2-8,10H,9H2,1H3. The van der Waals surface area contributed by atoms with E-state index in [1.807, 2.05) is 0 Å². The number of nitrogens with zero attached hydrogens (tertiary/aromatic N) is 2. The van der Waals surface area contributed by atoms with Gasteiger partial charge in [0.15, 0.2) is 5.13 Å². The van der Waals surface area contributed by atoms with Crippen LogP contribution >= 0.6 is 34.5 Å². The highest BCUT2D eigenvalue weighted by Crippen LogP contribution is 2.31. The molecule has 0 aliphatic heterocycles. The highest BCUT2D eigenvalue weighted by Gasteiger charge is 2.21. The molecule has 0 aliphatic rings. The lowest BCUT2D eigenvalue weighted by molar-refractivity contribution is -0.115. The number of hydrogen-bond acceptors (Lipinski definition) is 5. The molecule has 3 rings (SSSR count). The molecule has 0 unspecified atom stereocenters. The molecule has 3 aromatic rings. The Morgan fingerprint density at radius 2 is 1.96 bits per heavy atom. The number of rotatable bonds is 5. The number of anilines is 2. The Morgan fingerprint density at radius 1 is 1.21 bits per heavy atom. The molecule has 0 aliphatic carbocycles. The van der Waals surface area contributed by atoms with Crippen molar-refractivity contribution >= 4 is 57.2 Å². The maximum Gasteiger partial charge on any atom is 0.340 e. The summed E-state index contributed by atoms with van der Waals surface area (Å²) in [6.07, 6.45) is 0. The van der Waals surface area contributed by atoms with E-state index in [9.17, 15) is 14.0 Å². The molecule has 0 fully saturated rings. The number of amides is 1. The first-order valence-electron chi connectivity index (χ1n) is 7.98. The van der Waals surface area contributed by atoms with Gasteiger partial charge in [-0.3, -0.25) is 9.69 Å². The van der Waals surface area contributed by atoms with Gasteiger partial charge in [0.05, 0.1) is 22.0 Å². The van der Waals surface area contributed by atoms with Crippen LogP contribution in [-0.4, -0.2) is 16.9 Å². The zero-order valence-corrected chi connectivity index (χ0v) is 16.8. The van der Waals surface area contributed by atoms with E-state index in [0.717, 1.165) is 11.3 Å². The number of hydrogen-bond donors (Lipinski definition) is 0. The number of halogens is 3. The number of aromatic nitrogens is 1. The van der Waals surface area contributed by atoms with E-state index in [2.05, 4.69) is 4.98 Å². The van der Waals surface area contributed by atoms with Crippen molar-refractivity contribution in [3.8, 4) is 0 Å². The van der Waals surface area contributed by atoms with Crippen molar-refractivity contribution in [3.63, 3.8) is 0 Å². The van der Waals surface area contributed by atoms with E-state index < -0.39 is 17.7 Å². The van der Waals surface area contributed by atoms with Gasteiger partial charge in [0.25, 0.3) is 0 Å². The summed E-state index contributed by atoms with van der Waals surface area (Å²) in [6.45, 7) is 1.18. The molecule has 0 saturated heterocycles. The number of carbonyl (C=O) groups is 2. The second-order valence-corrected chi connectivity index (χ2v) is 7.31. The van der Waals surface area contributed by atoms with Gasteiger partial charge >= 0.3 is 5.97 Å². The Morgan fingerprint density at radius 3 is 2.68 bits per heavy atom. The molecule has 1 amide bonds. The van der Waals surface area contributed by atoms with Gasteiger partial charge in [-0.2, -0.15) is 0 Å². The lowest BCUT2D eigenvalue weighted by Gasteiger charge is -2.18. The van der Waals surface area contributed by atoms with Crippen LogP contribution in [0.25, 0.3) is 0 Å². The molecule has 2 aromatic carbocycles. The number of thiazole rings is 1. The number of para-hydroxylation sites is 1. The van der Waals surface area contributed by atoms with Gasteiger partial charge in [0, 0.05) is 17.3 Å². The van der Waals surface area contributed by atoms with Crippen LogP contribution in [0.15, 0.2) is 47.8 Å². The second-order valence-electron chi connectivity index (χ2n) is 5.63. The molecule has 5 nitrogen and oxygen atoms in total. The Bertz CT molecular complexity index is 1040. The molecule has 0 radical (unpaired) electrons. The highest BCUT2D eigenvalue weighted by molar-refractivity contribution is 7.14. The van der Waals surface area contributed by atoms with Crippen molar-refractivity contribution in [2.24, 2.45) is 0 Å². The Balaban J connectivity index is 1.76. The second kappa shape index (κ2) is 8.68. The van der Waals surface area contributed by atoms with Gasteiger partial charge < -0.3 is 4.74 Å². The molecule has 28 heavy (non-hydrogen) atoms. The van der Waals surface area contributed by atoms with Gasteiger partial charge in [-0.15, -0.1) is 11.3 Å². The molecule has 0 atom stereocenters. The fraction of sp³-hybridized carbons (Fsp3) is 0.105. The van der Waals surface area contributed by atoms with Crippen LogP contribution in [0.2, 0.25) is 10.0 Å². The third-order valence-electron chi connectivity index (χ3n) is 3.64. The highest BCUT2D eigenvalue weighted by atomic mass is 35.5. The van der Waals surface area contributed by atoms with E-state index in [-0.39, 0.29) is 28.0 Å². The van der Waals surface area contributed by atoms with Crippen molar-refractivity contribution in [1.29, 1.82) is 0 Å². The van der Waals surface area contributed by atoms with Crippen LogP contribution in [0.1, 0.15) is 23.0 Å². The van der Waals surface area contributed by atoms with Crippen LogP contribution in [0.5, 0.6) is 0 Å². The van der Waals surface area contributed by atoms with Crippen molar-refractivity contribution in [2.75, 3.05) is 4.90 Å². The Hall–Kier alpha value is -2.48. The largest absolute Gasteiger partial charge is 0.456 e. The summed E-state index contributed by atoms with van der Waals surface area (Å²) < 4.78 is 19.3. The average molecular weight is 439 g/mol. The average Bonchev–Trinajstić information content (AvgIpc) is 3.11. The SMILES string of the molecule is CC(=O)N(c1nc(COC(=O)c2cc(Cl)ccc2Cl)cs1)c1ccccc1F. The minimum absolute atomic E-state index is 0.0959. The van der Waals surface area contributed by atoms with Crippen molar-refractivity contribution in [2.45, 2.75) is 13.5 Å². The van der Waals surface area contributed by atoms with Crippen LogP contribution in [0, 0.1) is 5.82 Å². The summed E-state index contributed by atoms with van der Waals surface area (Å²) in [5.41, 5.74) is 0.647. The molecular weight excluding hydrogens is 426 g/mol. The molecule has 0 N–H and O–H groups in total. The van der Waals surface area contributed by atoms with Crippen molar-refractivity contribution < 1.29 is 18.7 Å². The van der Waals surface area contributed by atoms with Crippen LogP contribution in [0.3, 0.4) is 0 Å². The monoisotopic (exact) mass is 438 g/mol. The number of ether oxygens (including phenoxy) is 1. The predicted molar refractivity (Wildman–Crippen MR) is 107 cm³/mol. The lowest BCUT2D eigenvalue weighted by atomic mass is 10.2. The summed E-state index contributed by atoms with van der Waals surface area (Å²) >= 11 is 13.0. The summed E-state index contributed by atoms with van der Waals surface area (Å²) in [6, 6.07) is 10.4. The Labute approximate surface area is 174 Å². The molecule has 0 bridgehead atoms. The van der Waals surface area contributed by atoms with E-state index in [4.69, 9.17) is 27.9 Å². The molecule has 1 heterocycles. The summed E-state index contributed by atoms with van der Waals surface area (Å²) in [4.78, 5) is 29.7. The normalized spacial score (nSPS) is 10.6. The summed E-state index contributed by atoms with van der Waals surface area (Å²) in [5.74, 6) is -1.59. The minimum atomic E-state index is -0.653. The van der Waals surface area contributed by atoms with E-state index in [1.165, 1.54) is 42.2 Å². The van der Waals surface area contributed by atoms with E-state index >= 15 is 0 Å². The molecule has 1 aromatic heterocycles. The first-order chi connectivity index (χ1) is 13.4. The van der Waals surface area contributed by atoms with Crippen molar-refractivity contribution in [3.05, 3.63) is 75.0 Å². The first-order valence-corrected chi connectivity index (χ1v) is 9.62. The summed E-state index contributed by atoms with van der Waals surface area (Å²) in [5, 5.41) is 2.47. The van der Waals surface area contributed by atoms with Crippen molar-refractivity contribution in [1.82, 2.24) is 4.98 Å². The van der Waals surface area contributed by atoms with Crippen LogP contribution in [-0.2, 0) is 16.1 Å². The molecule has 0 saturated carbocycles. The summed E-state index contributed by atoms with van der Waals surface area (Å²) in [7, 11) is 0. The first kappa shape index (κ1) is 20.3. The third-order valence-corrected chi connectivity index (χ3v) is 5.08. The number of esters is 1. The topological polar surface area (TPSA) is 59.5 Å². The fourth-order valence-electron chi connectivity index (χ4n) is 2.38. The van der Waals surface area contributed by atoms with E-state index in [0.29, 0.717) is 10.7 Å². The molecule has 9 heteroatoms. The molecular formula is C19H13Cl2FN2O3S. The van der Waals surface area contributed by atoms with Crippen LogP contribution in [0.4, 0.5) is 15.2 Å². The smallest absolute Gasteiger partial charge is 0.340 e.